The molecule has 0 radical (unpaired) electrons. The van der Waals surface area contributed by atoms with Gasteiger partial charge in [0.15, 0.2) is 33.7 Å². The Morgan fingerprint density at radius 1 is 1.19 bits per heavy atom. The first-order chi connectivity index (χ1) is 15.1. The zero-order valence-corrected chi connectivity index (χ0v) is 18.4. The van der Waals surface area contributed by atoms with Crippen molar-refractivity contribution in [2.24, 2.45) is 7.05 Å². The number of carbonyl (C=O) groups excluding carboxylic acids is 1. The molecule has 2 atom stereocenters. The van der Waals surface area contributed by atoms with Crippen LogP contribution in [-0.4, -0.2) is 37.5 Å². The number of anilines is 1. The second-order valence-corrected chi connectivity index (χ2v) is 9.34. The highest BCUT2D eigenvalue weighted by molar-refractivity contribution is 8.00. The minimum absolute atomic E-state index is 0.139. The molecule has 0 saturated carbocycles. The van der Waals surface area contributed by atoms with Gasteiger partial charge in [-0.1, -0.05) is 47.4 Å². The summed E-state index contributed by atoms with van der Waals surface area (Å²) in [6, 6.07) is 15.3. The molecular weight excluding hydrogens is 434 g/mol. The summed E-state index contributed by atoms with van der Waals surface area (Å²) in [5, 5.41) is 12.3. The second-order valence-electron chi connectivity index (χ2n) is 7.00. The summed E-state index contributed by atoms with van der Waals surface area (Å²) in [6.45, 7) is 2.18. The molecule has 3 heterocycles. The van der Waals surface area contributed by atoms with Gasteiger partial charge in [0.05, 0.1) is 15.5 Å². The highest BCUT2D eigenvalue weighted by Gasteiger charge is 2.28. The van der Waals surface area contributed by atoms with Crippen LogP contribution in [0.2, 0.25) is 0 Å². The van der Waals surface area contributed by atoms with E-state index in [-0.39, 0.29) is 17.3 Å². The quantitative estimate of drug-likeness (QED) is 0.456. The minimum Gasteiger partial charge on any atom is -0.485 e. The van der Waals surface area contributed by atoms with Crippen LogP contribution in [0.5, 0.6) is 11.5 Å². The maximum atomic E-state index is 12.7. The number of nitrogens with zero attached hydrogens (tertiary/aromatic N) is 4. The highest BCUT2D eigenvalue weighted by atomic mass is 32.2. The Hall–Kier alpha value is -3.11. The third-order valence-electron chi connectivity index (χ3n) is 4.84. The Balaban J connectivity index is 1.26. The van der Waals surface area contributed by atoms with Gasteiger partial charge in [-0.25, -0.2) is 4.98 Å². The fourth-order valence-corrected chi connectivity index (χ4v) is 4.89. The van der Waals surface area contributed by atoms with Crippen LogP contribution in [-0.2, 0) is 11.8 Å². The van der Waals surface area contributed by atoms with Gasteiger partial charge in [0.2, 0.25) is 5.91 Å². The molecule has 4 aromatic rings. The molecule has 0 fully saturated rings. The predicted octanol–water partition coefficient (Wildman–Crippen LogP) is 4.06. The Bertz CT molecular complexity index is 1220. The molecule has 0 spiro atoms. The molecule has 31 heavy (non-hydrogen) atoms. The number of para-hydroxylation sites is 3. The Morgan fingerprint density at radius 2 is 1.97 bits per heavy atom. The first-order valence-corrected chi connectivity index (χ1v) is 11.4. The Kier molecular flexibility index (Phi) is 5.24. The van der Waals surface area contributed by atoms with Gasteiger partial charge in [-0.2, -0.15) is 0 Å². The summed E-state index contributed by atoms with van der Waals surface area (Å²) in [5.41, 5.74) is 0.873. The van der Waals surface area contributed by atoms with Crippen molar-refractivity contribution in [1.82, 2.24) is 19.7 Å². The summed E-state index contributed by atoms with van der Waals surface area (Å²) < 4.78 is 14.7. The van der Waals surface area contributed by atoms with Crippen LogP contribution >= 0.6 is 23.1 Å². The Morgan fingerprint density at radius 3 is 2.81 bits per heavy atom. The van der Waals surface area contributed by atoms with E-state index < -0.39 is 0 Å². The Labute approximate surface area is 186 Å². The molecule has 2 unspecified atom stereocenters. The smallest absolute Gasteiger partial charge is 0.239 e. The summed E-state index contributed by atoms with van der Waals surface area (Å²) in [6.07, 6.45) is -0.367. The fraction of sp³-hybridized carbons (Fsp3) is 0.238. The number of hydrogen-bond acceptors (Lipinski definition) is 8. The lowest BCUT2D eigenvalue weighted by molar-refractivity contribution is -0.115. The lowest BCUT2D eigenvalue weighted by atomic mass is 10.2. The lowest BCUT2D eigenvalue weighted by Gasteiger charge is -2.25. The van der Waals surface area contributed by atoms with Gasteiger partial charge < -0.3 is 19.4 Å². The molecule has 1 amide bonds. The average Bonchev–Trinajstić information content (AvgIpc) is 3.36. The molecule has 2 aromatic heterocycles. The summed E-state index contributed by atoms with van der Waals surface area (Å²) in [7, 11) is 1.86. The van der Waals surface area contributed by atoms with Crippen molar-refractivity contribution < 1.29 is 14.3 Å². The number of rotatable bonds is 5. The van der Waals surface area contributed by atoms with Gasteiger partial charge in [0, 0.05) is 7.05 Å². The number of benzene rings is 2. The van der Waals surface area contributed by atoms with E-state index in [2.05, 4.69) is 20.5 Å². The maximum Gasteiger partial charge on any atom is 0.239 e. The number of amides is 1. The van der Waals surface area contributed by atoms with Crippen molar-refractivity contribution in [3.8, 4) is 11.5 Å². The number of aromatic nitrogens is 4. The van der Waals surface area contributed by atoms with Crippen LogP contribution < -0.4 is 14.8 Å². The van der Waals surface area contributed by atoms with Gasteiger partial charge in [0.25, 0.3) is 0 Å². The average molecular weight is 454 g/mol. The standard InChI is InChI=1S/C21H19N5O3S2/c1-12(19(27)23-20-22-13-7-3-6-10-17(13)31-20)30-21-25-24-18(26(21)2)16-11-28-14-8-4-5-9-15(14)29-16/h3-10,12,16H,11H2,1-2H3,(H,22,23,27). The molecule has 8 nitrogen and oxygen atoms in total. The number of fused-ring (bicyclic) bond motifs is 2. The van der Waals surface area contributed by atoms with Crippen LogP contribution in [0.15, 0.2) is 53.7 Å². The number of thiazole rings is 1. The molecule has 1 aliphatic rings. The first-order valence-electron chi connectivity index (χ1n) is 9.69. The summed E-state index contributed by atoms with van der Waals surface area (Å²) in [4.78, 5) is 17.1. The molecule has 10 heteroatoms. The molecule has 0 saturated heterocycles. The van der Waals surface area contributed by atoms with Crippen molar-refractivity contribution in [1.29, 1.82) is 0 Å². The first kappa shape index (κ1) is 19.8. The van der Waals surface area contributed by atoms with Crippen LogP contribution in [0.1, 0.15) is 18.9 Å². The number of thioether (sulfide) groups is 1. The second kappa shape index (κ2) is 8.20. The predicted molar refractivity (Wildman–Crippen MR) is 120 cm³/mol. The van der Waals surface area contributed by atoms with E-state index in [9.17, 15) is 4.79 Å². The van der Waals surface area contributed by atoms with E-state index in [1.807, 2.05) is 67.1 Å². The molecule has 1 aliphatic heterocycles. The van der Waals surface area contributed by atoms with Crippen molar-refractivity contribution in [2.75, 3.05) is 11.9 Å². The van der Waals surface area contributed by atoms with E-state index in [1.54, 1.807) is 0 Å². The van der Waals surface area contributed by atoms with E-state index in [1.165, 1.54) is 23.1 Å². The van der Waals surface area contributed by atoms with Crippen molar-refractivity contribution in [3.05, 3.63) is 54.4 Å². The van der Waals surface area contributed by atoms with E-state index in [4.69, 9.17) is 9.47 Å². The van der Waals surface area contributed by atoms with E-state index in [0.29, 0.717) is 28.5 Å². The number of carbonyl (C=O) groups is 1. The zero-order valence-electron chi connectivity index (χ0n) is 16.8. The van der Waals surface area contributed by atoms with Gasteiger partial charge in [-0.3, -0.25) is 4.79 Å². The fourth-order valence-electron chi connectivity index (χ4n) is 3.20. The SMILES string of the molecule is CC(Sc1nnc(C2COc3ccccc3O2)n1C)C(=O)Nc1nc2ccccc2s1. The van der Waals surface area contributed by atoms with Crippen LogP contribution in [0.4, 0.5) is 5.13 Å². The number of ether oxygens (including phenoxy) is 2. The monoisotopic (exact) mass is 453 g/mol. The molecule has 0 aliphatic carbocycles. The molecule has 5 rings (SSSR count). The van der Waals surface area contributed by atoms with Crippen molar-refractivity contribution >= 4 is 44.4 Å². The molecule has 2 aromatic carbocycles. The zero-order chi connectivity index (χ0) is 21.4. The third kappa shape index (κ3) is 3.96. The summed E-state index contributed by atoms with van der Waals surface area (Å²) >= 11 is 2.79. The maximum absolute atomic E-state index is 12.7. The van der Waals surface area contributed by atoms with Crippen molar-refractivity contribution in [2.45, 2.75) is 23.4 Å². The van der Waals surface area contributed by atoms with Gasteiger partial charge >= 0.3 is 0 Å². The van der Waals surface area contributed by atoms with E-state index >= 15 is 0 Å². The lowest BCUT2D eigenvalue weighted by Crippen LogP contribution is -2.25. The molecule has 158 valence electrons. The van der Waals surface area contributed by atoms with Crippen LogP contribution in [0, 0.1) is 0 Å². The number of hydrogen-bond donors (Lipinski definition) is 1. The van der Waals surface area contributed by atoms with Gasteiger partial charge in [-0.05, 0) is 31.2 Å². The molecular formula is C21H19N5O3S2. The van der Waals surface area contributed by atoms with Crippen LogP contribution in [0.25, 0.3) is 10.2 Å². The highest BCUT2D eigenvalue weighted by Crippen LogP contribution is 2.36. The molecule has 0 bridgehead atoms. The van der Waals surface area contributed by atoms with Gasteiger partial charge in [0.1, 0.15) is 6.61 Å². The topological polar surface area (TPSA) is 91.2 Å². The third-order valence-corrected chi connectivity index (χ3v) is 6.93. The summed E-state index contributed by atoms with van der Waals surface area (Å²) in [5.74, 6) is 1.91. The van der Waals surface area contributed by atoms with E-state index in [0.717, 1.165) is 16.0 Å². The normalized spacial score (nSPS) is 16.3. The minimum atomic E-state index is -0.382. The molecule has 1 N–H and O–H groups in total. The van der Waals surface area contributed by atoms with Crippen molar-refractivity contribution in [3.63, 3.8) is 0 Å². The van der Waals surface area contributed by atoms with Gasteiger partial charge in [-0.15, -0.1) is 10.2 Å². The number of nitrogens with one attached hydrogen (secondary N) is 1. The van der Waals surface area contributed by atoms with Crippen LogP contribution in [0.3, 0.4) is 0 Å². The largest absolute Gasteiger partial charge is 0.485 e.